The van der Waals surface area contributed by atoms with Crippen LogP contribution in [0.2, 0.25) is 0 Å². The van der Waals surface area contributed by atoms with E-state index in [-0.39, 0.29) is 19.1 Å². The molecule has 2 rings (SSSR count). The Morgan fingerprint density at radius 2 is 2.32 bits per heavy atom. The third-order valence-corrected chi connectivity index (χ3v) is 4.55. The van der Waals surface area contributed by atoms with Crippen molar-refractivity contribution in [2.24, 2.45) is 0 Å². The molecule has 6 heteroatoms. The second-order valence-electron chi connectivity index (χ2n) is 4.52. The highest BCUT2D eigenvalue weighted by Gasteiger charge is 2.30. The van der Waals surface area contributed by atoms with Crippen LogP contribution in [0.4, 0.5) is 0 Å². The van der Waals surface area contributed by atoms with E-state index in [2.05, 4.69) is 6.92 Å². The van der Waals surface area contributed by atoms with E-state index >= 15 is 0 Å². The first-order valence-corrected chi connectivity index (χ1v) is 7.07. The Bertz CT molecular complexity index is 497. The van der Waals surface area contributed by atoms with Crippen LogP contribution < -0.4 is 0 Å². The molecule has 1 saturated heterocycles. The van der Waals surface area contributed by atoms with Crippen molar-refractivity contribution in [3.63, 3.8) is 0 Å². The topological polar surface area (TPSA) is 66.8 Å². The molecule has 1 aromatic rings. The van der Waals surface area contributed by atoms with Crippen LogP contribution in [0.5, 0.6) is 0 Å². The molecule has 1 aromatic heterocycles. The highest BCUT2D eigenvalue weighted by molar-refractivity contribution is 7.14. The summed E-state index contributed by atoms with van der Waals surface area (Å²) in [6.45, 7) is 4.88. The van der Waals surface area contributed by atoms with Crippen molar-refractivity contribution >= 4 is 23.2 Å². The molecule has 0 aromatic carbocycles. The van der Waals surface area contributed by atoms with E-state index in [0.29, 0.717) is 11.4 Å². The first-order valence-electron chi connectivity index (χ1n) is 6.26. The van der Waals surface area contributed by atoms with Crippen molar-refractivity contribution in [1.82, 2.24) is 4.90 Å². The molecule has 0 saturated carbocycles. The second-order valence-corrected chi connectivity index (χ2v) is 5.66. The lowest BCUT2D eigenvalue weighted by Crippen LogP contribution is -2.48. The molecule has 1 amide bonds. The fourth-order valence-electron chi connectivity index (χ4n) is 2.12. The molecule has 1 aliphatic rings. The van der Waals surface area contributed by atoms with E-state index in [9.17, 15) is 9.59 Å². The molecule has 104 valence electrons. The number of hydrogen-bond donors (Lipinski definition) is 1. The van der Waals surface area contributed by atoms with E-state index in [1.807, 2.05) is 13.0 Å². The Hall–Kier alpha value is -1.40. The molecule has 1 atom stereocenters. The third-order valence-electron chi connectivity index (χ3n) is 3.18. The summed E-state index contributed by atoms with van der Waals surface area (Å²) in [6, 6.07) is 1.89. The van der Waals surface area contributed by atoms with Crippen LogP contribution in [0.25, 0.3) is 0 Å². The maximum atomic E-state index is 12.3. The molecule has 0 aliphatic carbocycles. The van der Waals surface area contributed by atoms with Gasteiger partial charge >= 0.3 is 5.97 Å². The standard InChI is InChI=1S/C13H17NO4S/c1-3-10-8(2)6-11(19-10)12(15)14-4-5-18-9(7-14)13(16)17/h6,9H,3-5,7H2,1-2H3,(H,16,17)/t9-/m1/s1. The van der Waals surface area contributed by atoms with Gasteiger partial charge < -0.3 is 14.7 Å². The summed E-state index contributed by atoms with van der Waals surface area (Å²) in [5, 5.41) is 8.93. The van der Waals surface area contributed by atoms with Gasteiger partial charge in [-0.1, -0.05) is 6.92 Å². The first-order chi connectivity index (χ1) is 9.02. The van der Waals surface area contributed by atoms with Crippen molar-refractivity contribution in [3.8, 4) is 0 Å². The number of aryl methyl sites for hydroxylation is 2. The van der Waals surface area contributed by atoms with Crippen LogP contribution in [-0.4, -0.2) is 47.7 Å². The molecule has 1 fully saturated rings. The molecule has 0 radical (unpaired) electrons. The van der Waals surface area contributed by atoms with Gasteiger partial charge in [-0.3, -0.25) is 4.79 Å². The van der Waals surface area contributed by atoms with E-state index in [1.165, 1.54) is 16.2 Å². The normalized spacial score (nSPS) is 19.5. The van der Waals surface area contributed by atoms with Crippen LogP contribution in [0.3, 0.4) is 0 Å². The molecule has 1 aliphatic heterocycles. The molecule has 0 bridgehead atoms. The van der Waals surface area contributed by atoms with Crippen LogP contribution in [0.1, 0.15) is 27.0 Å². The van der Waals surface area contributed by atoms with Crippen LogP contribution >= 0.6 is 11.3 Å². The Balaban J connectivity index is 2.12. The number of carboxylic acid groups (broad SMARTS) is 1. The van der Waals surface area contributed by atoms with Gasteiger partial charge in [-0.2, -0.15) is 0 Å². The zero-order valence-corrected chi connectivity index (χ0v) is 11.8. The SMILES string of the molecule is CCc1sc(C(=O)N2CCO[C@@H](C(=O)O)C2)cc1C. The fraction of sp³-hybridized carbons (Fsp3) is 0.538. The predicted octanol–water partition coefficient (Wildman–Crippen LogP) is 1.54. The van der Waals surface area contributed by atoms with Gasteiger partial charge in [0.2, 0.25) is 0 Å². The average Bonchev–Trinajstić information content (AvgIpc) is 2.79. The zero-order chi connectivity index (χ0) is 14.0. The van der Waals surface area contributed by atoms with E-state index in [0.717, 1.165) is 12.0 Å². The number of hydrogen-bond acceptors (Lipinski definition) is 4. The van der Waals surface area contributed by atoms with Crippen molar-refractivity contribution in [1.29, 1.82) is 0 Å². The Morgan fingerprint density at radius 1 is 1.58 bits per heavy atom. The monoisotopic (exact) mass is 283 g/mol. The van der Waals surface area contributed by atoms with Crippen molar-refractivity contribution in [2.75, 3.05) is 19.7 Å². The number of amides is 1. The number of carbonyl (C=O) groups is 2. The molecule has 0 unspecified atom stereocenters. The number of morpholine rings is 1. The summed E-state index contributed by atoms with van der Waals surface area (Å²) in [5.41, 5.74) is 1.12. The minimum atomic E-state index is -1.02. The summed E-state index contributed by atoms with van der Waals surface area (Å²) < 4.78 is 5.12. The average molecular weight is 283 g/mol. The lowest BCUT2D eigenvalue weighted by molar-refractivity contribution is -0.154. The summed E-state index contributed by atoms with van der Waals surface area (Å²) in [5.74, 6) is -1.11. The van der Waals surface area contributed by atoms with Crippen LogP contribution in [-0.2, 0) is 16.0 Å². The Morgan fingerprint density at radius 3 is 2.89 bits per heavy atom. The number of nitrogens with zero attached hydrogens (tertiary/aromatic N) is 1. The van der Waals surface area contributed by atoms with Gasteiger partial charge in [-0.25, -0.2) is 4.79 Å². The molecular weight excluding hydrogens is 266 g/mol. The van der Waals surface area contributed by atoms with E-state index in [1.54, 1.807) is 4.90 Å². The van der Waals surface area contributed by atoms with Crippen molar-refractivity contribution in [3.05, 3.63) is 21.4 Å². The van der Waals surface area contributed by atoms with Gasteiger partial charge in [0.15, 0.2) is 6.10 Å². The largest absolute Gasteiger partial charge is 0.479 e. The lowest BCUT2D eigenvalue weighted by atomic mass is 10.2. The Labute approximate surface area is 115 Å². The van der Waals surface area contributed by atoms with Gasteiger partial charge in [0.25, 0.3) is 5.91 Å². The first kappa shape index (κ1) is 14.0. The molecule has 19 heavy (non-hydrogen) atoms. The molecule has 0 spiro atoms. The number of rotatable bonds is 3. The van der Waals surface area contributed by atoms with Gasteiger partial charge in [-0.15, -0.1) is 11.3 Å². The molecule has 1 N–H and O–H groups in total. The molecule has 2 heterocycles. The maximum absolute atomic E-state index is 12.3. The summed E-state index contributed by atoms with van der Waals surface area (Å²) >= 11 is 1.49. The second kappa shape index (κ2) is 5.71. The minimum Gasteiger partial charge on any atom is -0.479 e. The minimum absolute atomic E-state index is 0.0950. The number of carbonyl (C=O) groups excluding carboxylic acids is 1. The van der Waals surface area contributed by atoms with Gasteiger partial charge in [0, 0.05) is 11.4 Å². The highest BCUT2D eigenvalue weighted by Crippen LogP contribution is 2.24. The summed E-state index contributed by atoms with van der Waals surface area (Å²) in [4.78, 5) is 26.7. The Kier molecular flexibility index (Phi) is 4.21. The van der Waals surface area contributed by atoms with E-state index in [4.69, 9.17) is 9.84 Å². The van der Waals surface area contributed by atoms with Crippen LogP contribution in [0.15, 0.2) is 6.07 Å². The number of aliphatic carboxylic acids is 1. The fourth-order valence-corrected chi connectivity index (χ4v) is 3.20. The summed E-state index contributed by atoms with van der Waals surface area (Å²) in [7, 11) is 0. The van der Waals surface area contributed by atoms with Gasteiger partial charge in [-0.05, 0) is 25.0 Å². The van der Waals surface area contributed by atoms with Crippen molar-refractivity contribution in [2.45, 2.75) is 26.4 Å². The predicted molar refractivity (Wildman–Crippen MR) is 71.7 cm³/mol. The molecular formula is C13H17NO4S. The number of carboxylic acids is 1. The van der Waals surface area contributed by atoms with Crippen molar-refractivity contribution < 1.29 is 19.4 Å². The lowest BCUT2D eigenvalue weighted by Gasteiger charge is -2.30. The number of thiophene rings is 1. The van der Waals surface area contributed by atoms with Crippen LogP contribution in [0, 0.1) is 6.92 Å². The maximum Gasteiger partial charge on any atom is 0.334 e. The number of ether oxygens (including phenoxy) is 1. The van der Waals surface area contributed by atoms with E-state index < -0.39 is 12.1 Å². The van der Waals surface area contributed by atoms with Gasteiger partial charge in [0.05, 0.1) is 18.0 Å². The highest BCUT2D eigenvalue weighted by atomic mass is 32.1. The zero-order valence-electron chi connectivity index (χ0n) is 11.0. The molecule has 5 nitrogen and oxygen atoms in total. The quantitative estimate of drug-likeness (QED) is 0.914. The summed E-state index contributed by atoms with van der Waals surface area (Å²) in [6.07, 6.45) is -0.00521. The third kappa shape index (κ3) is 2.96. The van der Waals surface area contributed by atoms with Gasteiger partial charge in [0.1, 0.15) is 0 Å². The smallest absolute Gasteiger partial charge is 0.334 e.